The fourth-order valence-corrected chi connectivity index (χ4v) is 2.44. The van der Waals surface area contributed by atoms with Crippen LogP contribution in [0.5, 0.6) is 0 Å². The summed E-state index contributed by atoms with van der Waals surface area (Å²) >= 11 is 7.04. The fourth-order valence-electron chi connectivity index (χ4n) is 1.30. The van der Waals surface area contributed by atoms with Crippen molar-refractivity contribution in [3.8, 4) is 0 Å². The molecule has 0 aliphatic carbocycles. The van der Waals surface area contributed by atoms with Crippen molar-refractivity contribution in [3.05, 3.63) is 21.3 Å². The molecule has 1 atom stereocenters. The van der Waals surface area contributed by atoms with E-state index in [-0.39, 0.29) is 5.91 Å². The molecule has 1 saturated heterocycles. The largest absolute Gasteiger partial charge is 0.322 e. The number of hydrogen-bond acceptors (Lipinski definition) is 3. The molecule has 0 unspecified atom stereocenters. The van der Waals surface area contributed by atoms with Gasteiger partial charge in [-0.2, -0.15) is 0 Å². The van der Waals surface area contributed by atoms with Gasteiger partial charge in [-0.25, -0.2) is 4.79 Å². The molecule has 1 fully saturated rings. The van der Waals surface area contributed by atoms with Gasteiger partial charge in [0.15, 0.2) is 5.54 Å². The SMILES string of the molecule is C[C@@]1(c2ccc(Cl)s2)NC(=O)NC1=O. The van der Waals surface area contributed by atoms with Crippen molar-refractivity contribution in [1.29, 1.82) is 0 Å². The summed E-state index contributed by atoms with van der Waals surface area (Å²) in [5.74, 6) is -0.346. The van der Waals surface area contributed by atoms with Gasteiger partial charge in [-0.1, -0.05) is 11.6 Å². The van der Waals surface area contributed by atoms with Crippen molar-refractivity contribution in [2.24, 2.45) is 0 Å². The van der Waals surface area contributed by atoms with Crippen molar-refractivity contribution in [3.63, 3.8) is 0 Å². The lowest BCUT2D eigenvalue weighted by Gasteiger charge is -2.17. The van der Waals surface area contributed by atoms with E-state index in [0.717, 1.165) is 4.88 Å². The Hall–Kier alpha value is -1.07. The van der Waals surface area contributed by atoms with Crippen molar-refractivity contribution >= 4 is 34.9 Å². The Kier molecular flexibility index (Phi) is 2.01. The van der Waals surface area contributed by atoms with Crippen molar-refractivity contribution < 1.29 is 9.59 Å². The summed E-state index contributed by atoms with van der Waals surface area (Å²) < 4.78 is 0.593. The minimum Gasteiger partial charge on any atom is -0.319 e. The van der Waals surface area contributed by atoms with Crippen LogP contribution in [0.25, 0.3) is 0 Å². The van der Waals surface area contributed by atoms with Crippen LogP contribution in [0, 0.1) is 0 Å². The van der Waals surface area contributed by atoms with Gasteiger partial charge in [0.05, 0.1) is 4.34 Å². The number of carbonyl (C=O) groups is 2. The van der Waals surface area contributed by atoms with E-state index >= 15 is 0 Å². The Labute approximate surface area is 89.3 Å². The standard InChI is InChI=1S/C8H7ClN2O2S/c1-8(4-2-3-5(9)14-4)6(12)10-7(13)11-8/h2-3H,1H3,(H2,10,11,12,13)/t8-/m0/s1. The van der Waals surface area contributed by atoms with Crippen LogP contribution in [0.3, 0.4) is 0 Å². The second kappa shape index (κ2) is 2.96. The second-order valence-electron chi connectivity index (χ2n) is 3.14. The molecule has 2 rings (SSSR count). The topological polar surface area (TPSA) is 58.2 Å². The first kappa shape index (κ1) is 9.48. The van der Waals surface area contributed by atoms with E-state index in [1.165, 1.54) is 11.3 Å². The number of carbonyl (C=O) groups excluding carboxylic acids is 2. The van der Waals surface area contributed by atoms with Gasteiger partial charge >= 0.3 is 6.03 Å². The highest BCUT2D eigenvalue weighted by atomic mass is 35.5. The number of imide groups is 1. The number of rotatable bonds is 1. The molecule has 1 aliphatic rings. The summed E-state index contributed by atoms with van der Waals surface area (Å²) in [6.45, 7) is 1.65. The zero-order chi connectivity index (χ0) is 10.3. The van der Waals surface area contributed by atoms with Crippen LogP contribution in [-0.4, -0.2) is 11.9 Å². The summed E-state index contributed by atoms with van der Waals surface area (Å²) in [6.07, 6.45) is 0. The molecule has 1 aromatic heterocycles. The number of hydrogen-bond donors (Lipinski definition) is 2. The Balaban J connectivity index is 2.42. The average Bonchev–Trinajstić information content (AvgIpc) is 2.59. The zero-order valence-electron chi connectivity index (χ0n) is 7.26. The predicted molar refractivity (Wildman–Crippen MR) is 53.4 cm³/mol. The third kappa shape index (κ3) is 1.29. The maximum atomic E-state index is 11.5. The number of nitrogens with one attached hydrogen (secondary N) is 2. The van der Waals surface area contributed by atoms with E-state index in [2.05, 4.69) is 10.6 Å². The minimum atomic E-state index is -0.977. The molecule has 1 aliphatic heterocycles. The van der Waals surface area contributed by atoms with Gasteiger partial charge in [0.25, 0.3) is 5.91 Å². The van der Waals surface area contributed by atoms with Crippen LogP contribution < -0.4 is 10.6 Å². The van der Waals surface area contributed by atoms with Crippen molar-refractivity contribution in [1.82, 2.24) is 10.6 Å². The van der Waals surface area contributed by atoms with Gasteiger partial charge in [0, 0.05) is 4.88 Å². The molecule has 2 N–H and O–H groups in total. The number of halogens is 1. The average molecular weight is 231 g/mol. The monoisotopic (exact) mass is 230 g/mol. The molecule has 2 heterocycles. The van der Waals surface area contributed by atoms with Crippen LogP contribution in [0.2, 0.25) is 4.34 Å². The molecule has 0 saturated carbocycles. The molecule has 74 valence electrons. The van der Waals surface area contributed by atoms with E-state index in [1.807, 2.05) is 0 Å². The van der Waals surface area contributed by atoms with Gasteiger partial charge in [-0.3, -0.25) is 10.1 Å². The number of thiophene rings is 1. The minimum absolute atomic E-state index is 0.346. The lowest BCUT2D eigenvalue weighted by atomic mass is 10.0. The Bertz CT molecular complexity index is 417. The Morgan fingerprint density at radius 1 is 1.43 bits per heavy atom. The maximum Gasteiger partial charge on any atom is 0.322 e. The molecule has 0 spiro atoms. The van der Waals surface area contributed by atoms with Crippen LogP contribution in [0.1, 0.15) is 11.8 Å². The first-order valence-electron chi connectivity index (χ1n) is 3.92. The third-order valence-electron chi connectivity index (χ3n) is 2.11. The van der Waals surface area contributed by atoms with Crippen LogP contribution in [0.15, 0.2) is 12.1 Å². The molecule has 0 radical (unpaired) electrons. The smallest absolute Gasteiger partial charge is 0.319 e. The summed E-state index contributed by atoms with van der Waals surface area (Å²) in [4.78, 5) is 23.2. The fraction of sp³-hybridized carbons (Fsp3) is 0.250. The van der Waals surface area contributed by atoms with Gasteiger partial charge in [0.2, 0.25) is 0 Å². The van der Waals surface area contributed by atoms with Crippen molar-refractivity contribution in [2.45, 2.75) is 12.5 Å². The molecule has 0 bridgehead atoms. The normalized spacial score (nSPS) is 26.1. The van der Waals surface area contributed by atoms with E-state index in [4.69, 9.17) is 11.6 Å². The van der Waals surface area contributed by atoms with Gasteiger partial charge < -0.3 is 5.32 Å². The highest BCUT2D eigenvalue weighted by molar-refractivity contribution is 7.16. The van der Waals surface area contributed by atoms with E-state index in [0.29, 0.717) is 4.34 Å². The number of urea groups is 1. The summed E-state index contributed by atoms with van der Waals surface area (Å²) in [5, 5.41) is 4.75. The van der Waals surface area contributed by atoms with Crippen molar-refractivity contribution in [2.75, 3.05) is 0 Å². The van der Waals surface area contributed by atoms with Gasteiger partial charge in [-0.15, -0.1) is 11.3 Å². The first-order valence-corrected chi connectivity index (χ1v) is 5.11. The van der Waals surface area contributed by atoms with E-state index < -0.39 is 11.6 Å². The summed E-state index contributed by atoms with van der Waals surface area (Å²) in [6, 6.07) is 2.96. The van der Waals surface area contributed by atoms with Gasteiger partial charge in [-0.05, 0) is 19.1 Å². The molecule has 0 aromatic carbocycles. The van der Waals surface area contributed by atoms with E-state index in [9.17, 15) is 9.59 Å². The quantitative estimate of drug-likeness (QED) is 0.718. The van der Waals surface area contributed by atoms with E-state index in [1.54, 1.807) is 19.1 Å². The predicted octanol–water partition coefficient (Wildman–Crippen LogP) is 1.46. The zero-order valence-corrected chi connectivity index (χ0v) is 8.83. The van der Waals surface area contributed by atoms with Crippen LogP contribution in [-0.2, 0) is 10.3 Å². The highest BCUT2D eigenvalue weighted by Crippen LogP contribution is 2.32. The summed E-state index contributed by atoms with van der Waals surface area (Å²) in [7, 11) is 0. The molecular weight excluding hydrogens is 224 g/mol. The third-order valence-corrected chi connectivity index (χ3v) is 3.56. The number of amides is 3. The Morgan fingerprint density at radius 2 is 2.14 bits per heavy atom. The molecule has 6 heteroatoms. The lowest BCUT2D eigenvalue weighted by molar-refractivity contribution is -0.123. The molecule has 14 heavy (non-hydrogen) atoms. The first-order chi connectivity index (χ1) is 6.52. The lowest BCUT2D eigenvalue weighted by Crippen LogP contribution is -2.39. The summed E-state index contributed by atoms with van der Waals surface area (Å²) in [5.41, 5.74) is -0.977. The highest BCUT2D eigenvalue weighted by Gasteiger charge is 2.44. The van der Waals surface area contributed by atoms with Crippen LogP contribution >= 0.6 is 22.9 Å². The molecule has 1 aromatic rings. The molecule has 4 nitrogen and oxygen atoms in total. The second-order valence-corrected chi connectivity index (χ2v) is 4.85. The maximum absolute atomic E-state index is 11.5. The molecule has 3 amide bonds. The van der Waals surface area contributed by atoms with Crippen LogP contribution in [0.4, 0.5) is 4.79 Å². The Morgan fingerprint density at radius 3 is 2.57 bits per heavy atom. The van der Waals surface area contributed by atoms with Gasteiger partial charge in [0.1, 0.15) is 0 Å². The molecular formula is C8H7ClN2O2S.